The maximum atomic E-state index is 12.1. The second kappa shape index (κ2) is 6.65. The summed E-state index contributed by atoms with van der Waals surface area (Å²) in [4.78, 5) is 19.2. The largest absolute Gasteiger partial charge is 0.366 e. The molecule has 2 aromatic heterocycles. The molecule has 0 fully saturated rings. The van der Waals surface area contributed by atoms with Crippen LogP contribution in [0.5, 0.6) is 0 Å². The molecule has 3 aromatic rings. The van der Waals surface area contributed by atoms with Crippen molar-refractivity contribution in [1.29, 1.82) is 5.26 Å². The molecule has 126 valence electrons. The summed E-state index contributed by atoms with van der Waals surface area (Å²) in [6, 6.07) is 9.30. The molecule has 3 N–H and O–H groups in total. The van der Waals surface area contributed by atoms with Gasteiger partial charge < -0.3 is 15.3 Å². The third kappa shape index (κ3) is 3.04. The summed E-state index contributed by atoms with van der Waals surface area (Å²) in [5.74, 6) is -0.444. The van der Waals surface area contributed by atoms with E-state index in [-0.39, 0.29) is 0 Å². The Labute approximate surface area is 145 Å². The molecule has 6 heteroatoms. The fraction of sp³-hybridized carbons (Fsp3) is 0.211. The molecule has 2 heterocycles. The number of aromatic amines is 1. The predicted molar refractivity (Wildman–Crippen MR) is 94.9 cm³/mol. The van der Waals surface area contributed by atoms with Gasteiger partial charge in [-0.25, -0.2) is 4.98 Å². The summed E-state index contributed by atoms with van der Waals surface area (Å²) in [6.07, 6.45) is 4.23. The lowest BCUT2D eigenvalue weighted by atomic mass is 9.99. The lowest BCUT2D eigenvalue weighted by molar-refractivity contribution is 0.1000. The van der Waals surface area contributed by atoms with Gasteiger partial charge in [-0.1, -0.05) is 12.1 Å². The molecule has 0 unspecified atom stereocenters. The van der Waals surface area contributed by atoms with Gasteiger partial charge in [-0.15, -0.1) is 0 Å². The molecule has 0 saturated carbocycles. The Morgan fingerprint density at radius 3 is 2.56 bits per heavy atom. The number of nitrogens with one attached hydrogen (secondary N) is 1. The van der Waals surface area contributed by atoms with Crippen LogP contribution in [0.3, 0.4) is 0 Å². The number of carbonyl (C=O) groups excluding carboxylic acids is 1. The van der Waals surface area contributed by atoms with Crippen molar-refractivity contribution >= 4 is 5.91 Å². The van der Waals surface area contributed by atoms with Gasteiger partial charge in [-0.3, -0.25) is 4.79 Å². The Bertz CT molecular complexity index is 943. The molecule has 1 amide bonds. The average Bonchev–Trinajstić information content (AvgIpc) is 3.20. The van der Waals surface area contributed by atoms with Gasteiger partial charge in [-0.05, 0) is 31.5 Å². The molecule has 0 aliphatic rings. The molecule has 6 nitrogen and oxygen atoms in total. The molecular weight excluding hydrogens is 314 g/mol. The highest BCUT2D eigenvalue weighted by Gasteiger charge is 2.22. The lowest BCUT2D eigenvalue weighted by Crippen LogP contribution is -2.14. The molecular formula is C19H19N5O. The van der Waals surface area contributed by atoms with Gasteiger partial charge in [-0.2, -0.15) is 5.26 Å². The van der Waals surface area contributed by atoms with E-state index in [0.29, 0.717) is 11.1 Å². The standard InChI is InChI=1S/C19H19N5O/c1-12-17(15-5-3-14(9-20)4-6-15)18(19(21)25)13(2)24(12)8-7-16-10-22-11-23-16/h3-6,10-11H,7-8H2,1-2H3,(H2,21,25)(H,22,23). The summed E-state index contributed by atoms with van der Waals surface area (Å²) < 4.78 is 2.11. The molecule has 0 aliphatic carbocycles. The number of imidazole rings is 1. The summed E-state index contributed by atoms with van der Waals surface area (Å²) in [6.45, 7) is 4.61. The summed E-state index contributed by atoms with van der Waals surface area (Å²) in [7, 11) is 0. The molecule has 0 bridgehead atoms. The zero-order valence-electron chi connectivity index (χ0n) is 14.2. The first-order valence-corrected chi connectivity index (χ1v) is 8.00. The fourth-order valence-electron chi connectivity index (χ4n) is 3.24. The molecule has 0 spiro atoms. The summed E-state index contributed by atoms with van der Waals surface area (Å²) in [5.41, 5.74) is 11.4. The number of hydrogen-bond acceptors (Lipinski definition) is 3. The smallest absolute Gasteiger partial charge is 0.251 e. The normalized spacial score (nSPS) is 10.6. The van der Waals surface area contributed by atoms with E-state index in [4.69, 9.17) is 11.0 Å². The van der Waals surface area contributed by atoms with Crippen LogP contribution in [0.25, 0.3) is 11.1 Å². The van der Waals surface area contributed by atoms with Gasteiger partial charge in [0, 0.05) is 41.8 Å². The van der Waals surface area contributed by atoms with Crippen LogP contribution in [0, 0.1) is 25.2 Å². The maximum absolute atomic E-state index is 12.1. The summed E-state index contributed by atoms with van der Waals surface area (Å²) >= 11 is 0. The van der Waals surface area contributed by atoms with Crippen molar-refractivity contribution in [2.75, 3.05) is 0 Å². The quantitative estimate of drug-likeness (QED) is 0.750. The number of nitriles is 1. The number of aryl methyl sites for hydroxylation is 1. The van der Waals surface area contributed by atoms with Crippen LogP contribution in [0.4, 0.5) is 0 Å². The number of H-pyrrole nitrogens is 1. The van der Waals surface area contributed by atoms with E-state index in [1.54, 1.807) is 24.7 Å². The highest BCUT2D eigenvalue weighted by Crippen LogP contribution is 2.32. The Kier molecular flexibility index (Phi) is 4.40. The highest BCUT2D eigenvalue weighted by molar-refractivity contribution is 6.02. The topological polar surface area (TPSA) is 100 Å². The molecule has 0 atom stereocenters. The molecule has 25 heavy (non-hydrogen) atoms. The number of rotatable bonds is 5. The van der Waals surface area contributed by atoms with E-state index >= 15 is 0 Å². The monoisotopic (exact) mass is 333 g/mol. The van der Waals surface area contributed by atoms with Crippen molar-refractivity contribution < 1.29 is 4.79 Å². The van der Waals surface area contributed by atoms with Crippen molar-refractivity contribution in [3.63, 3.8) is 0 Å². The van der Waals surface area contributed by atoms with Crippen LogP contribution < -0.4 is 5.73 Å². The number of benzene rings is 1. The SMILES string of the molecule is Cc1c(C(N)=O)c(-c2ccc(C#N)cc2)c(C)n1CCc1cnc[nH]1. The number of primary amides is 1. The van der Waals surface area contributed by atoms with E-state index in [2.05, 4.69) is 20.6 Å². The van der Waals surface area contributed by atoms with Crippen LogP contribution >= 0.6 is 0 Å². The average molecular weight is 333 g/mol. The second-order valence-corrected chi connectivity index (χ2v) is 5.95. The molecule has 3 rings (SSSR count). The minimum absolute atomic E-state index is 0.444. The van der Waals surface area contributed by atoms with Crippen molar-refractivity contribution in [2.45, 2.75) is 26.8 Å². The minimum Gasteiger partial charge on any atom is -0.366 e. The van der Waals surface area contributed by atoms with E-state index in [0.717, 1.165) is 41.2 Å². The zero-order valence-corrected chi connectivity index (χ0v) is 14.2. The molecule has 1 aromatic carbocycles. The van der Waals surface area contributed by atoms with Crippen LogP contribution in [0.1, 0.15) is 33.0 Å². The molecule has 0 aliphatic heterocycles. The van der Waals surface area contributed by atoms with Crippen LogP contribution in [-0.4, -0.2) is 20.4 Å². The maximum Gasteiger partial charge on any atom is 0.251 e. The number of amides is 1. The second-order valence-electron chi connectivity index (χ2n) is 5.95. The number of carbonyl (C=O) groups is 1. The number of aromatic nitrogens is 3. The third-order valence-electron chi connectivity index (χ3n) is 4.49. The first-order chi connectivity index (χ1) is 12.0. The molecule has 0 saturated heterocycles. The van der Waals surface area contributed by atoms with Gasteiger partial charge in [0.05, 0.1) is 23.5 Å². The van der Waals surface area contributed by atoms with Gasteiger partial charge in [0.25, 0.3) is 5.91 Å². The van der Waals surface area contributed by atoms with E-state index < -0.39 is 5.91 Å². The van der Waals surface area contributed by atoms with E-state index in [1.165, 1.54) is 0 Å². The first kappa shape index (κ1) is 16.5. The van der Waals surface area contributed by atoms with Gasteiger partial charge in [0.2, 0.25) is 0 Å². The van der Waals surface area contributed by atoms with Gasteiger partial charge >= 0.3 is 0 Å². The fourth-order valence-corrected chi connectivity index (χ4v) is 3.24. The van der Waals surface area contributed by atoms with Crippen LogP contribution in [0.2, 0.25) is 0 Å². The number of nitrogens with zero attached hydrogens (tertiary/aromatic N) is 3. The summed E-state index contributed by atoms with van der Waals surface area (Å²) in [5, 5.41) is 8.97. The number of nitrogens with two attached hydrogens (primary N) is 1. The Balaban J connectivity index is 2.05. The predicted octanol–water partition coefficient (Wildman–Crippen LogP) is 2.71. The zero-order chi connectivity index (χ0) is 18.0. The van der Waals surface area contributed by atoms with Crippen LogP contribution in [-0.2, 0) is 13.0 Å². The molecule has 0 radical (unpaired) electrons. The van der Waals surface area contributed by atoms with Crippen molar-refractivity contribution in [1.82, 2.24) is 14.5 Å². The highest BCUT2D eigenvalue weighted by atomic mass is 16.1. The Hall–Kier alpha value is -3.33. The number of hydrogen-bond donors (Lipinski definition) is 2. The van der Waals surface area contributed by atoms with Gasteiger partial charge in [0.1, 0.15) is 0 Å². The van der Waals surface area contributed by atoms with E-state index in [9.17, 15) is 4.79 Å². The lowest BCUT2D eigenvalue weighted by Gasteiger charge is -2.09. The Morgan fingerprint density at radius 1 is 1.28 bits per heavy atom. The van der Waals surface area contributed by atoms with Gasteiger partial charge in [0.15, 0.2) is 0 Å². The van der Waals surface area contributed by atoms with E-state index in [1.807, 2.05) is 26.0 Å². The Morgan fingerprint density at radius 2 is 2.00 bits per heavy atom. The van der Waals surface area contributed by atoms with Crippen molar-refractivity contribution in [3.8, 4) is 17.2 Å². The van der Waals surface area contributed by atoms with Crippen LogP contribution in [0.15, 0.2) is 36.8 Å². The first-order valence-electron chi connectivity index (χ1n) is 8.00. The van der Waals surface area contributed by atoms with Crippen molar-refractivity contribution in [2.24, 2.45) is 5.73 Å². The van der Waals surface area contributed by atoms with Crippen molar-refractivity contribution in [3.05, 3.63) is 65.0 Å². The minimum atomic E-state index is -0.444. The third-order valence-corrected chi connectivity index (χ3v) is 4.49.